The van der Waals surface area contributed by atoms with Crippen LogP contribution in [0.4, 0.5) is 5.69 Å². The molecule has 0 spiro atoms. The highest BCUT2D eigenvalue weighted by molar-refractivity contribution is 6.32. The Morgan fingerprint density at radius 1 is 0.967 bits per heavy atom. The van der Waals surface area contributed by atoms with E-state index in [1.807, 2.05) is 73.6 Å². The molecule has 0 amide bonds. The van der Waals surface area contributed by atoms with E-state index >= 15 is 0 Å². The van der Waals surface area contributed by atoms with Crippen LogP contribution in [0.2, 0.25) is 0 Å². The van der Waals surface area contributed by atoms with Crippen molar-refractivity contribution in [1.82, 2.24) is 9.97 Å². The summed E-state index contributed by atoms with van der Waals surface area (Å²) >= 11 is 0. The van der Waals surface area contributed by atoms with Crippen LogP contribution < -0.4 is 9.64 Å². The molecule has 0 aliphatic carbocycles. The number of para-hydroxylation sites is 2. The Labute approximate surface area is 175 Å². The van der Waals surface area contributed by atoms with Gasteiger partial charge in [0.05, 0.1) is 23.7 Å². The lowest BCUT2D eigenvalue weighted by molar-refractivity contribution is 0.105. The van der Waals surface area contributed by atoms with Crippen LogP contribution in [0, 0.1) is 0 Å². The van der Waals surface area contributed by atoms with Gasteiger partial charge in [0.25, 0.3) is 0 Å². The smallest absolute Gasteiger partial charge is 0.196 e. The molecule has 3 aromatic carbocycles. The highest BCUT2D eigenvalue weighted by Gasteiger charge is 2.18. The number of carbonyl (C=O) groups excluding carboxylic acids is 1. The number of hydrogen-bond acceptors (Lipinski definition) is 4. The first-order valence-electron chi connectivity index (χ1n) is 9.68. The van der Waals surface area contributed by atoms with Crippen molar-refractivity contribution >= 4 is 34.2 Å². The standard InChI is InChI=1S/C25H23N3O2/c1-28(2)19-12-8-17(9-13-19)16-21(24(29)18-10-14-20(30-3)15-11-18)25-26-22-6-4-5-7-23(22)27-25/h4-16H,1-3H3,(H,26,27). The Morgan fingerprint density at radius 3 is 2.30 bits per heavy atom. The van der Waals surface area contributed by atoms with Crippen LogP contribution in [0.25, 0.3) is 22.7 Å². The van der Waals surface area contributed by atoms with Crippen molar-refractivity contribution in [1.29, 1.82) is 0 Å². The average molecular weight is 397 g/mol. The van der Waals surface area contributed by atoms with Crippen LogP contribution in [-0.4, -0.2) is 37.0 Å². The molecule has 5 nitrogen and oxygen atoms in total. The molecule has 0 saturated heterocycles. The summed E-state index contributed by atoms with van der Waals surface area (Å²) in [6.07, 6.45) is 1.88. The molecule has 0 aliphatic heterocycles. The highest BCUT2D eigenvalue weighted by atomic mass is 16.5. The van der Waals surface area contributed by atoms with Gasteiger partial charge in [0.15, 0.2) is 5.78 Å². The average Bonchev–Trinajstić information content (AvgIpc) is 3.21. The van der Waals surface area contributed by atoms with E-state index in [1.165, 1.54) is 0 Å². The number of H-pyrrole nitrogens is 1. The lowest BCUT2D eigenvalue weighted by Gasteiger charge is -2.12. The van der Waals surface area contributed by atoms with E-state index in [2.05, 4.69) is 9.97 Å². The van der Waals surface area contributed by atoms with Crippen molar-refractivity contribution in [3.05, 3.63) is 89.7 Å². The number of ether oxygens (including phenoxy) is 1. The van der Waals surface area contributed by atoms with Gasteiger partial charge >= 0.3 is 0 Å². The first-order valence-corrected chi connectivity index (χ1v) is 9.68. The zero-order valence-corrected chi connectivity index (χ0v) is 17.2. The van der Waals surface area contributed by atoms with Gasteiger partial charge in [-0.3, -0.25) is 4.79 Å². The summed E-state index contributed by atoms with van der Waals surface area (Å²) in [5.41, 5.74) is 4.82. The van der Waals surface area contributed by atoms with Gasteiger partial charge in [-0.15, -0.1) is 0 Å². The van der Waals surface area contributed by atoms with Crippen LogP contribution >= 0.6 is 0 Å². The number of Topliss-reactive ketones (excluding diaryl/α,β-unsaturated/α-hetero) is 1. The van der Waals surface area contributed by atoms with Gasteiger partial charge in [0.2, 0.25) is 0 Å². The number of hydrogen-bond donors (Lipinski definition) is 1. The molecule has 1 heterocycles. The molecule has 150 valence electrons. The zero-order valence-electron chi connectivity index (χ0n) is 17.2. The normalized spacial score (nSPS) is 11.5. The molecule has 4 aromatic rings. The Kier molecular flexibility index (Phi) is 5.35. The largest absolute Gasteiger partial charge is 0.497 e. The summed E-state index contributed by atoms with van der Waals surface area (Å²) in [5, 5.41) is 0. The van der Waals surface area contributed by atoms with Crippen LogP contribution in [0.1, 0.15) is 21.7 Å². The minimum atomic E-state index is -0.103. The van der Waals surface area contributed by atoms with Crippen molar-refractivity contribution in [2.24, 2.45) is 0 Å². The molecule has 1 N–H and O–H groups in total. The fourth-order valence-electron chi connectivity index (χ4n) is 3.26. The number of rotatable bonds is 6. The first kappa shape index (κ1) is 19.5. The van der Waals surface area contributed by atoms with E-state index < -0.39 is 0 Å². The summed E-state index contributed by atoms with van der Waals surface area (Å²) in [6.45, 7) is 0. The van der Waals surface area contributed by atoms with Crippen molar-refractivity contribution in [2.45, 2.75) is 0 Å². The molecule has 1 aromatic heterocycles. The molecular weight excluding hydrogens is 374 g/mol. The molecule has 5 heteroatoms. The number of allylic oxidation sites excluding steroid dienone is 1. The van der Waals surface area contributed by atoms with E-state index in [0.717, 1.165) is 22.3 Å². The number of anilines is 1. The summed E-state index contributed by atoms with van der Waals surface area (Å²) in [4.78, 5) is 23.4. The summed E-state index contributed by atoms with van der Waals surface area (Å²) in [7, 11) is 5.60. The maximum absolute atomic E-state index is 13.4. The van der Waals surface area contributed by atoms with E-state index in [4.69, 9.17) is 4.74 Å². The van der Waals surface area contributed by atoms with E-state index in [0.29, 0.717) is 22.7 Å². The Hall–Kier alpha value is -3.86. The molecular formula is C25H23N3O2. The third-order valence-corrected chi connectivity index (χ3v) is 4.96. The maximum Gasteiger partial charge on any atom is 0.196 e. The molecule has 4 rings (SSSR count). The number of nitrogens with one attached hydrogen (secondary N) is 1. The van der Waals surface area contributed by atoms with Crippen LogP contribution in [0.3, 0.4) is 0 Å². The van der Waals surface area contributed by atoms with Gasteiger partial charge < -0.3 is 14.6 Å². The van der Waals surface area contributed by atoms with Gasteiger partial charge in [0.1, 0.15) is 11.6 Å². The second-order valence-corrected chi connectivity index (χ2v) is 7.20. The Balaban J connectivity index is 1.79. The van der Waals surface area contributed by atoms with Gasteiger partial charge in [0, 0.05) is 25.3 Å². The lowest BCUT2D eigenvalue weighted by Crippen LogP contribution is -2.08. The number of aromatic amines is 1. The summed E-state index contributed by atoms with van der Waals surface area (Å²) in [5.74, 6) is 1.15. The third-order valence-electron chi connectivity index (χ3n) is 4.96. The lowest BCUT2D eigenvalue weighted by atomic mass is 10.00. The quantitative estimate of drug-likeness (QED) is 0.365. The predicted octanol–water partition coefficient (Wildman–Crippen LogP) is 5.06. The molecule has 0 saturated carbocycles. The van der Waals surface area contributed by atoms with E-state index in [9.17, 15) is 4.79 Å². The SMILES string of the molecule is COc1ccc(C(=O)C(=Cc2ccc(N(C)C)cc2)c2nc3ccccc3[nH]2)cc1. The molecule has 0 fully saturated rings. The van der Waals surface area contributed by atoms with Crippen molar-refractivity contribution in [2.75, 3.05) is 26.1 Å². The number of imidazole rings is 1. The van der Waals surface area contributed by atoms with Crippen molar-refractivity contribution < 1.29 is 9.53 Å². The number of benzene rings is 3. The molecule has 30 heavy (non-hydrogen) atoms. The fraction of sp³-hybridized carbons (Fsp3) is 0.120. The van der Waals surface area contributed by atoms with Crippen LogP contribution in [0.5, 0.6) is 5.75 Å². The fourth-order valence-corrected chi connectivity index (χ4v) is 3.26. The molecule has 0 unspecified atom stereocenters. The third kappa shape index (κ3) is 3.96. The van der Waals surface area contributed by atoms with Crippen LogP contribution in [-0.2, 0) is 0 Å². The maximum atomic E-state index is 13.4. The minimum absolute atomic E-state index is 0.103. The van der Waals surface area contributed by atoms with Gasteiger partial charge in [-0.25, -0.2) is 4.98 Å². The second-order valence-electron chi connectivity index (χ2n) is 7.20. The number of nitrogens with zero attached hydrogens (tertiary/aromatic N) is 2. The van der Waals surface area contributed by atoms with E-state index in [-0.39, 0.29) is 5.78 Å². The monoisotopic (exact) mass is 397 g/mol. The van der Waals surface area contributed by atoms with Crippen LogP contribution in [0.15, 0.2) is 72.8 Å². The van der Waals surface area contributed by atoms with Crippen molar-refractivity contribution in [3.63, 3.8) is 0 Å². The summed E-state index contributed by atoms with van der Waals surface area (Å²) < 4.78 is 5.21. The minimum Gasteiger partial charge on any atom is -0.497 e. The number of fused-ring (bicyclic) bond motifs is 1. The Bertz CT molecular complexity index is 1170. The molecule has 0 atom stereocenters. The highest BCUT2D eigenvalue weighted by Crippen LogP contribution is 2.25. The van der Waals surface area contributed by atoms with Crippen molar-refractivity contribution in [3.8, 4) is 5.75 Å². The predicted molar refractivity (Wildman–Crippen MR) is 122 cm³/mol. The second kappa shape index (κ2) is 8.25. The summed E-state index contributed by atoms with van der Waals surface area (Å²) in [6, 6.07) is 22.9. The van der Waals surface area contributed by atoms with Gasteiger partial charge in [-0.1, -0.05) is 24.3 Å². The zero-order chi connectivity index (χ0) is 21.1. The van der Waals surface area contributed by atoms with E-state index in [1.54, 1.807) is 31.4 Å². The number of ketones is 1. The first-order chi connectivity index (χ1) is 14.5. The van der Waals surface area contributed by atoms with Gasteiger partial charge in [-0.05, 0) is 60.2 Å². The Morgan fingerprint density at radius 2 is 1.67 bits per heavy atom. The molecule has 0 aliphatic rings. The van der Waals surface area contributed by atoms with Gasteiger partial charge in [-0.2, -0.15) is 0 Å². The molecule has 0 bridgehead atoms. The topological polar surface area (TPSA) is 58.2 Å². The number of carbonyl (C=O) groups is 1. The number of aromatic nitrogens is 2. The molecule has 0 radical (unpaired) electrons. The number of methoxy groups -OCH3 is 1.